The zero-order valence-corrected chi connectivity index (χ0v) is 20.6. The molecule has 1 aromatic carbocycles. The number of aliphatic hydroxyl groups is 1. The van der Waals surface area contributed by atoms with Crippen LogP contribution in [-0.4, -0.2) is 88.1 Å². The van der Waals surface area contributed by atoms with E-state index >= 15 is 0 Å². The molecule has 3 heterocycles. The zero-order chi connectivity index (χ0) is 26.6. The van der Waals surface area contributed by atoms with Gasteiger partial charge < -0.3 is 35.0 Å². The quantitative estimate of drug-likeness (QED) is 0.246. The molecule has 0 amide bonds. The van der Waals surface area contributed by atoms with Gasteiger partial charge in [0.15, 0.2) is 0 Å². The number of hydrogen-bond acceptors (Lipinski definition) is 9. The average molecular weight is 513 g/mol. The van der Waals surface area contributed by atoms with E-state index in [1.807, 2.05) is 36.4 Å². The summed E-state index contributed by atoms with van der Waals surface area (Å²) >= 11 is 0. The molecule has 1 atom stereocenters. The van der Waals surface area contributed by atoms with Crippen molar-refractivity contribution >= 4 is 22.8 Å². The second-order valence-corrected chi connectivity index (χ2v) is 8.47. The zero-order valence-electron chi connectivity index (χ0n) is 20.6. The fourth-order valence-electron chi connectivity index (χ4n) is 4.09. The van der Waals surface area contributed by atoms with Gasteiger partial charge in [-0.3, -0.25) is 9.97 Å². The summed E-state index contributed by atoms with van der Waals surface area (Å²) in [5.74, 6) is -2.03. The summed E-state index contributed by atoms with van der Waals surface area (Å²) in [6, 6.07) is 11.9. The summed E-state index contributed by atoms with van der Waals surface area (Å²) in [6.07, 6.45) is 6.80. The van der Waals surface area contributed by atoms with Crippen LogP contribution in [0.1, 0.15) is 24.5 Å². The number of aliphatic carboxylic acids is 2. The monoisotopic (exact) mass is 512 g/mol. The number of carbonyl (C=O) groups is 2. The molecule has 198 valence electrons. The van der Waals surface area contributed by atoms with E-state index < -0.39 is 18.0 Å². The number of carboxylic acids is 2. The molecule has 1 aliphatic rings. The van der Waals surface area contributed by atoms with Crippen molar-refractivity contribution in [3.63, 3.8) is 0 Å². The predicted molar refractivity (Wildman–Crippen MR) is 136 cm³/mol. The molecule has 37 heavy (non-hydrogen) atoms. The van der Waals surface area contributed by atoms with Crippen LogP contribution in [0.2, 0.25) is 0 Å². The van der Waals surface area contributed by atoms with Crippen LogP contribution in [0, 0.1) is 0 Å². The highest BCUT2D eigenvalue weighted by Crippen LogP contribution is 2.27. The Bertz CT molecular complexity index is 1140. The van der Waals surface area contributed by atoms with Crippen molar-refractivity contribution in [2.24, 2.45) is 0 Å². The average Bonchev–Trinajstić information content (AvgIpc) is 2.92. The Balaban J connectivity index is 0.000000568. The minimum Gasteiger partial charge on any atom is -0.497 e. The fraction of sp³-hybridized carbons (Fsp3) is 0.385. The smallest absolute Gasteiger partial charge is 0.414 e. The van der Waals surface area contributed by atoms with Crippen molar-refractivity contribution in [2.45, 2.75) is 25.0 Å². The number of ether oxygens (including phenoxy) is 2. The highest BCUT2D eigenvalue weighted by atomic mass is 16.5. The van der Waals surface area contributed by atoms with Gasteiger partial charge in [0.05, 0.1) is 18.7 Å². The van der Waals surface area contributed by atoms with Crippen LogP contribution in [0.25, 0.3) is 10.9 Å². The first-order valence-corrected chi connectivity index (χ1v) is 11.9. The number of piperidine rings is 1. The van der Waals surface area contributed by atoms with Crippen LogP contribution in [0.5, 0.6) is 11.5 Å². The number of aliphatic hydroxyl groups excluding tert-OH is 1. The van der Waals surface area contributed by atoms with Crippen LogP contribution in [0.3, 0.4) is 0 Å². The SMILES string of the molecule is COc1ccc2nccc([C@@H](O)CN3CCC(NCCOc4ccncc4)CC3)c2c1.O=C(O)C(=O)O. The van der Waals surface area contributed by atoms with Crippen LogP contribution < -0.4 is 14.8 Å². The number of methoxy groups -OCH3 is 1. The first kappa shape index (κ1) is 27.8. The number of carboxylic acid groups (broad SMARTS) is 2. The number of benzene rings is 1. The van der Waals surface area contributed by atoms with Crippen molar-refractivity contribution in [1.82, 2.24) is 20.2 Å². The van der Waals surface area contributed by atoms with Gasteiger partial charge in [-0.05, 0) is 67.9 Å². The second-order valence-electron chi connectivity index (χ2n) is 8.47. The predicted octanol–water partition coefficient (Wildman–Crippen LogP) is 1.96. The van der Waals surface area contributed by atoms with Gasteiger partial charge in [-0.25, -0.2) is 9.59 Å². The lowest BCUT2D eigenvalue weighted by molar-refractivity contribution is -0.159. The number of fused-ring (bicyclic) bond motifs is 1. The van der Waals surface area contributed by atoms with Gasteiger partial charge in [-0.15, -0.1) is 0 Å². The lowest BCUT2D eigenvalue weighted by Gasteiger charge is -2.33. The molecule has 11 nitrogen and oxygen atoms in total. The summed E-state index contributed by atoms with van der Waals surface area (Å²) in [4.78, 5) is 28.9. The van der Waals surface area contributed by atoms with E-state index in [4.69, 9.17) is 29.3 Å². The third-order valence-electron chi connectivity index (χ3n) is 6.00. The first-order chi connectivity index (χ1) is 17.9. The second kappa shape index (κ2) is 14.1. The van der Waals surface area contributed by atoms with E-state index in [0.717, 1.165) is 60.4 Å². The van der Waals surface area contributed by atoms with Gasteiger partial charge in [-0.2, -0.15) is 0 Å². The molecule has 0 aliphatic carbocycles. The Hall–Kier alpha value is -3.80. The van der Waals surface area contributed by atoms with E-state index in [9.17, 15) is 5.11 Å². The minimum absolute atomic E-state index is 0.487. The van der Waals surface area contributed by atoms with E-state index in [-0.39, 0.29) is 0 Å². The van der Waals surface area contributed by atoms with Crippen LogP contribution >= 0.6 is 0 Å². The molecule has 4 N–H and O–H groups in total. The number of aromatic nitrogens is 2. The molecular weight excluding hydrogens is 480 g/mol. The number of rotatable bonds is 9. The standard InChI is InChI=1S/C24H30N4O3.C2H2O4/c1-30-20-2-3-23-22(16-20)21(6-11-27-23)24(29)17-28-13-7-18(8-14-28)26-12-15-31-19-4-9-25-10-5-19;3-1(4)2(5)6/h2-6,9-11,16,18,24,26,29H,7-8,12-15,17H2,1H3;(H,3,4)(H,5,6)/t24-;/m0./s1. The van der Waals surface area contributed by atoms with E-state index in [2.05, 4.69) is 20.2 Å². The van der Waals surface area contributed by atoms with E-state index in [0.29, 0.717) is 19.2 Å². The molecule has 0 unspecified atom stereocenters. The maximum atomic E-state index is 10.9. The summed E-state index contributed by atoms with van der Waals surface area (Å²) in [5, 5.41) is 30.2. The molecule has 0 saturated carbocycles. The summed E-state index contributed by atoms with van der Waals surface area (Å²) in [6.45, 7) is 4.01. The number of pyridine rings is 2. The number of nitrogens with zero attached hydrogens (tertiary/aromatic N) is 3. The number of hydrogen-bond donors (Lipinski definition) is 4. The van der Waals surface area contributed by atoms with E-state index in [1.54, 1.807) is 25.7 Å². The molecule has 1 aliphatic heterocycles. The summed E-state index contributed by atoms with van der Waals surface area (Å²) < 4.78 is 11.1. The van der Waals surface area contributed by atoms with Crippen LogP contribution in [0.4, 0.5) is 0 Å². The molecular formula is C26H32N4O7. The maximum absolute atomic E-state index is 10.9. The third kappa shape index (κ3) is 8.67. The largest absolute Gasteiger partial charge is 0.497 e. The van der Waals surface area contributed by atoms with Crippen LogP contribution in [-0.2, 0) is 9.59 Å². The number of likely N-dealkylation sites (tertiary alicyclic amines) is 1. The molecule has 2 aromatic heterocycles. The highest BCUT2D eigenvalue weighted by molar-refractivity contribution is 6.27. The van der Waals surface area contributed by atoms with Crippen molar-refractivity contribution in [2.75, 3.05) is 39.9 Å². The Kier molecular flexibility index (Phi) is 10.6. The molecule has 0 bridgehead atoms. The topological polar surface area (TPSA) is 154 Å². The highest BCUT2D eigenvalue weighted by Gasteiger charge is 2.22. The molecule has 0 radical (unpaired) electrons. The van der Waals surface area contributed by atoms with Gasteiger partial charge in [-0.1, -0.05) is 0 Å². The lowest BCUT2D eigenvalue weighted by Crippen LogP contribution is -2.44. The molecule has 1 fully saturated rings. The number of β-amino-alcohol motifs (C(OH)–C–C–N with tert-alkyl or cyclic N) is 1. The van der Waals surface area contributed by atoms with Crippen molar-refractivity contribution in [1.29, 1.82) is 0 Å². The van der Waals surface area contributed by atoms with Gasteiger partial charge in [0.25, 0.3) is 0 Å². The Labute approximate surface area is 214 Å². The van der Waals surface area contributed by atoms with Gasteiger partial charge >= 0.3 is 11.9 Å². The van der Waals surface area contributed by atoms with E-state index in [1.165, 1.54) is 0 Å². The van der Waals surface area contributed by atoms with Crippen molar-refractivity contribution in [3.8, 4) is 11.5 Å². The summed E-state index contributed by atoms with van der Waals surface area (Å²) in [5.41, 5.74) is 1.77. The fourth-order valence-corrected chi connectivity index (χ4v) is 4.09. The Morgan fingerprint density at radius 3 is 2.41 bits per heavy atom. The first-order valence-electron chi connectivity index (χ1n) is 11.9. The Morgan fingerprint density at radius 1 is 1.05 bits per heavy atom. The Morgan fingerprint density at radius 2 is 1.76 bits per heavy atom. The molecule has 3 aromatic rings. The van der Waals surface area contributed by atoms with Gasteiger partial charge in [0, 0.05) is 43.1 Å². The minimum atomic E-state index is -1.82. The normalized spacial score (nSPS) is 14.9. The van der Waals surface area contributed by atoms with Crippen molar-refractivity contribution < 1.29 is 34.4 Å². The molecule has 4 rings (SSSR count). The van der Waals surface area contributed by atoms with Gasteiger partial charge in [0.1, 0.15) is 18.1 Å². The third-order valence-corrected chi connectivity index (χ3v) is 6.00. The summed E-state index contributed by atoms with van der Waals surface area (Å²) in [7, 11) is 1.65. The molecule has 0 spiro atoms. The van der Waals surface area contributed by atoms with Crippen molar-refractivity contribution in [3.05, 3.63) is 60.6 Å². The molecule has 1 saturated heterocycles. The number of nitrogens with one attached hydrogen (secondary N) is 1. The van der Waals surface area contributed by atoms with Gasteiger partial charge in [0.2, 0.25) is 0 Å². The van der Waals surface area contributed by atoms with Crippen LogP contribution in [0.15, 0.2) is 55.0 Å². The molecule has 11 heteroatoms. The lowest BCUT2D eigenvalue weighted by atomic mass is 10.0. The maximum Gasteiger partial charge on any atom is 0.414 e.